The largest absolute Gasteiger partial charge is 0.324 e. The zero-order chi connectivity index (χ0) is 22.2. The maximum Gasteiger partial charge on any atom is 0.278 e. The van der Waals surface area contributed by atoms with Crippen LogP contribution in [-0.4, -0.2) is 29.1 Å². The summed E-state index contributed by atoms with van der Waals surface area (Å²) in [6.07, 6.45) is 7.11. The second kappa shape index (κ2) is 7.93. The zero-order valence-electron chi connectivity index (χ0n) is 17.7. The van der Waals surface area contributed by atoms with Crippen molar-refractivity contribution in [2.24, 2.45) is 7.05 Å². The zero-order valence-corrected chi connectivity index (χ0v) is 18.5. The lowest BCUT2D eigenvalue weighted by Crippen LogP contribution is -2.21. The molecule has 4 aromatic heterocycles. The highest BCUT2D eigenvalue weighted by molar-refractivity contribution is 7.08. The summed E-state index contributed by atoms with van der Waals surface area (Å²) in [5.41, 5.74) is 5.45. The fraction of sp³-hybridized carbons (Fsp3) is 0.130. The van der Waals surface area contributed by atoms with Gasteiger partial charge in [-0.05, 0) is 41.6 Å². The van der Waals surface area contributed by atoms with Crippen molar-refractivity contribution in [2.75, 3.05) is 5.32 Å². The fourth-order valence-corrected chi connectivity index (χ4v) is 4.39. The first kappa shape index (κ1) is 20.0. The highest BCUT2D eigenvalue weighted by atomic mass is 32.1. The molecular weight excluding hydrogens is 422 g/mol. The molecule has 5 aromatic rings. The Morgan fingerprint density at radius 3 is 2.81 bits per heavy atom. The van der Waals surface area contributed by atoms with Crippen LogP contribution in [-0.2, 0) is 13.6 Å². The molecule has 0 radical (unpaired) electrons. The Balaban J connectivity index is 1.54. The summed E-state index contributed by atoms with van der Waals surface area (Å²) in [5.74, 6) is 0.422. The van der Waals surface area contributed by atoms with Crippen LogP contribution in [0.25, 0.3) is 27.8 Å². The standard InChI is InChI=1S/C23H21N7OS/c1-4-8-29-22(31)20-12-24-23(27-21(20)30(29)18-7-9-32-14-18)26-17-5-6-19(15(2)10-17)16-11-25-28(3)13-16/h4-7,9-14H,1,8H2,2-3H3,(H,24,26,27). The van der Waals surface area contributed by atoms with Crippen molar-refractivity contribution in [1.29, 1.82) is 0 Å². The maximum atomic E-state index is 12.9. The van der Waals surface area contributed by atoms with Crippen molar-refractivity contribution in [2.45, 2.75) is 13.5 Å². The lowest BCUT2D eigenvalue weighted by molar-refractivity contribution is 0.607. The summed E-state index contributed by atoms with van der Waals surface area (Å²) < 4.78 is 5.22. The van der Waals surface area contributed by atoms with E-state index in [0.717, 1.165) is 28.1 Å². The molecule has 4 heterocycles. The summed E-state index contributed by atoms with van der Waals surface area (Å²) in [6.45, 7) is 6.21. The van der Waals surface area contributed by atoms with Gasteiger partial charge in [0.05, 0.1) is 18.4 Å². The molecule has 0 saturated heterocycles. The predicted molar refractivity (Wildman–Crippen MR) is 128 cm³/mol. The van der Waals surface area contributed by atoms with Gasteiger partial charge >= 0.3 is 0 Å². The van der Waals surface area contributed by atoms with E-state index in [-0.39, 0.29) is 5.56 Å². The Hall–Kier alpha value is -3.98. The van der Waals surface area contributed by atoms with Crippen LogP contribution in [0.1, 0.15) is 5.56 Å². The van der Waals surface area contributed by atoms with Gasteiger partial charge in [0.1, 0.15) is 5.39 Å². The number of anilines is 2. The highest BCUT2D eigenvalue weighted by Crippen LogP contribution is 2.27. The number of hydrogen-bond acceptors (Lipinski definition) is 6. The molecule has 0 aliphatic rings. The number of hydrogen-bond donors (Lipinski definition) is 1. The van der Waals surface area contributed by atoms with Gasteiger partial charge in [-0.25, -0.2) is 14.3 Å². The number of thiophene rings is 1. The second-order valence-corrected chi connectivity index (χ2v) is 8.24. The lowest BCUT2D eigenvalue weighted by Gasteiger charge is -2.10. The fourth-order valence-electron chi connectivity index (χ4n) is 3.77. The Bertz CT molecular complexity index is 1490. The minimum absolute atomic E-state index is 0.144. The number of allylic oxidation sites excluding steroid dienone is 1. The van der Waals surface area contributed by atoms with E-state index >= 15 is 0 Å². The predicted octanol–water partition coefficient (Wildman–Crippen LogP) is 4.28. The molecule has 5 rings (SSSR count). The van der Waals surface area contributed by atoms with Gasteiger partial charge in [-0.1, -0.05) is 12.1 Å². The van der Waals surface area contributed by atoms with Gasteiger partial charge < -0.3 is 5.32 Å². The summed E-state index contributed by atoms with van der Waals surface area (Å²) >= 11 is 1.56. The van der Waals surface area contributed by atoms with Gasteiger partial charge in [-0.3, -0.25) is 9.48 Å². The van der Waals surface area contributed by atoms with Crippen LogP contribution in [0.15, 0.2) is 71.1 Å². The molecule has 0 aliphatic carbocycles. The van der Waals surface area contributed by atoms with E-state index < -0.39 is 0 Å². The van der Waals surface area contributed by atoms with E-state index in [9.17, 15) is 4.79 Å². The molecule has 0 bridgehead atoms. The molecule has 0 atom stereocenters. The van der Waals surface area contributed by atoms with E-state index in [2.05, 4.69) is 40.0 Å². The van der Waals surface area contributed by atoms with Crippen LogP contribution in [0.5, 0.6) is 0 Å². The molecule has 9 heteroatoms. The molecule has 8 nitrogen and oxygen atoms in total. The summed E-state index contributed by atoms with van der Waals surface area (Å²) in [6, 6.07) is 8.04. The third kappa shape index (κ3) is 3.42. The first-order valence-corrected chi connectivity index (χ1v) is 11.0. The van der Waals surface area contributed by atoms with Gasteiger partial charge in [0.2, 0.25) is 5.95 Å². The molecule has 160 valence electrons. The molecule has 0 aliphatic heterocycles. The van der Waals surface area contributed by atoms with E-state index in [1.54, 1.807) is 33.0 Å². The first-order valence-electron chi connectivity index (χ1n) is 10.0. The Labute approximate surface area is 188 Å². The Morgan fingerprint density at radius 2 is 2.12 bits per heavy atom. The van der Waals surface area contributed by atoms with E-state index in [1.165, 1.54) is 0 Å². The number of fused-ring (bicyclic) bond motifs is 1. The molecule has 32 heavy (non-hydrogen) atoms. The van der Waals surface area contributed by atoms with E-state index in [0.29, 0.717) is 23.5 Å². The van der Waals surface area contributed by atoms with Gasteiger partial charge in [-0.15, -0.1) is 6.58 Å². The minimum atomic E-state index is -0.144. The third-order valence-electron chi connectivity index (χ3n) is 5.23. The van der Waals surface area contributed by atoms with Gasteiger partial charge in [0.25, 0.3) is 5.56 Å². The van der Waals surface area contributed by atoms with Crippen LogP contribution in [0.3, 0.4) is 0 Å². The number of benzene rings is 1. The van der Waals surface area contributed by atoms with Crippen molar-refractivity contribution in [3.63, 3.8) is 0 Å². The lowest BCUT2D eigenvalue weighted by atomic mass is 10.0. The molecular formula is C23H21N7OS. The molecule has 0 fully saturated rings. The normalized spacial score (nSPS) is 11.2. The van der Waals surface area contributed by atoms with Crippen molar-refractivity contribution >= 4 is 34.0 Å². The molecule has 1 N–H and O–H groups in total. The molecule has 0 unspecified atom stereocenters. The second-order valence-electron chi connectivity index (χ2n) is 7.46. The minimum Gasteiger partial charge on any atom is -0.324 e. The monoisotopic (exact) mass is 443 g/mol. The molecule has 0 amide bonds. The van der Waals surface area contributed by atoms with Crippen LogP contribution in [0.4, 0.5) is 11.6 Å². The SMILES string of the molecule is C=CCn1c(=O)c2cnc(Nc3ccc(-c4cnn(C)c4)c(C)c3)nc2n1-c1ccsc1. The van der Waals surface area contributed by atoms with Gasteiger partial charge in [0.15, 0.2) is 5.65 Å². The van der Waals surface area contributed by atoms with Gasteiger partial charge in [0, 0.05) is 36.1 Å². The van der Waals surface area contributed by atoms with E-state index in [1.807, 2.05) is 53.1 Å². The number of nitrogens with zero attached hydrogens (tertiary/aromatic N) is 6. The smallest absolute Gasteiger partial charge is 0.278 e. The average molecular weight is 444 g/mol. The van der Waals surface area contributed by atoms with Crippen LogP contribution < -0.4 is 10.9 Å². The van der Waals surface area contributed by atoms with Crippen LogP contribution >= 0.6 is 11.3 Å². The average Bonchev–Trinajstić information content (AvgIpc) is 3.50. The van der Waals surface area contributed by atoms with Crippen molar-refractivity contribution < 1.29 is 0 Å². The third-order valence-corrected chi connectivity index (χ3v) is 5.90. The van der Waals surface area contributed by atoms with Crippen molar-refractivity contribution in [3.05, 3.63) is 82.2 Å². The van der Waals surface area contributed by atoms with Crippen LogP contribution in [0, 0.1) is 6.92 Å². The van der Waals surface area contributed by atoms with Gasteiger partial charge in [-0.2, -0.15) is 21.4 Å². The van der Waals surface area contributed by atoms with Crippen LogP contribution in [0.2, 0.25) is 0 Å². The maximum absolute atomic E-state index is 12.9. The van der Waals surface area contributed by atoms with E-state index in [4.69, 9.17) is 0 Å². The Morgan fingerprint density at radius 1 is 1.25 bits per heavy atom. The Kier molecular flexibility index (Phi) is 4.95. The summed E-state index contributed by atoms with van der Waals surface area (Å²) in [4.78, 5) is 22.0. The summed E-state index contributed by atoms with van der Waals surface area (Å²) in [7, 11) is 1.90. The number of nitrogens with one attached hydrogen (secondary N) is 1. The number of aryl methyl sites for hydroxylation is 2. The number of rotatable bonds is 6. The topological polar surface area (TPSA) is 82.6 Å². The number of aromatic nitrogens is 6. The molecule has 0 spiro atoms. The quantitative estimate of drug-likeness (QED) is 0.396. The van der Waals surface area contributed by atoms with Crippen molar-refractivity contribution in [1.82, 2.24) is 29.1 Å². The summed E-state index contributed by atoms with van der Waals surface area (Å²) in [5, 5.41) is 11.9. The van der Waals surface area contributed by atoms with Crippen molar-refractivity contribution in [3.8, 4) is 16.8 Å². The first-order chi connectivity index (χ1) is 15.5. The highest BCUT2D eigenvalue weighted by Gasteiger charge is 2.17. The molecule has 0 saturated carbocycles. The molecule has 1 aromatic carbocycles.